The molecule has 2 aromatic heterocycles. The fourth-order valence-electron chi connectivity index (χ4n) is 3.77. The molecule has 0 spiro atoms. The highest BCUT2D eigenvalue weighted by Crippen LogP contribution is 2.38. The molecule has 4 heteroatoms. The van der Waals surface area contributed by atoms with Crippen LogP contribution in [0.5, 0.6) is 0 Å². The van der Waals surface area contributed by atoms with Crippen LogP contribution in [0.1, 0.15) is 32.0 Å². The van der Waals surface area contributed by atoms with Crippen LogP contribution >= 0.6 is 0 Å². The van der Waals surface area contributed by atoms with Crippen molar-refractivity contribution in [1.29, 1.82) is 0 Å². The molecule has 0 atom stereocenters. The Labute approximate surface area is 143 Å². The molecular formula is C21H14N2O2. The maximum Gasteiger partial charge on any atom is 0.210 e. The maximum absolute atomic E-state index is 13.1. The van der Waals surface area contributed by atoms with Crippen molar-refractivity contribution in [3.05, 3.63) is 83.3 Å². The number of rotatable bonds is 1. The van der Waals surface area contributed by atoms with Crippen molar-refractivity contribution in [2.75, 3.05) is 0 Å². The molecule has 4 nitrogen and oxygen atoms in total. The molecule has 0 bridgehead atoms. The fraction of sp³-hybridized carbons (Fsp3) is 0.0476. The van der Waals surface area contributed by atoms with Gasteiger partial charge in [-0.15, -0.1) is 0 Å². The predicted molar refractivity (Wildman–Crippen MR) is 96.0 cm³/mol. The lowest BCUT2D eigenvalue weighted by atomic mass is 9.85. The highest BCUT2D eigenvalue weighted by Gasteiger charge is 2.35. The van der Waals surface area contributed by atoms with Gasteiger partial charge in [0.05, 0.1) is 5.56 Å². The van der Waals surface area contributed by atoms with Crippen LogP contribution in [0.15, 0.2) is 60.9 Å². The fourth-order valence-corrected chi connectivity index (χ4v) is 3.77. The first kappa shape index (κ1) is 14.0. The molecule has 1 N–H and O–H groups in total. The van der Waals surface area contributed by atoms with Gasteiger partial charge in [0.25, 0.3) is 0 Å². The Morgan fingerprint density at radius 3 is 2.28 bits per heavy atom. The monoisotopic (exact) mass is 326 g/mol. The van der Waals surface area contributed by atoms with Gasteiger partial charge in [0.2, 0.25) is 5.78 Å². The van der Waals surface area contributed by atoms with Crippen molar-refractivity contribution in [3.8, 4) is 11.1 Å². The lowest BCUT2D eigenvalue weighted by Gasteiger charge is -2.16. The van der Waals surface area contributed by atoms with Crippen LogP contribution in [0.25, 0.3) is 22.0 Å². The summed E-state index contributed by atoms with van der Waals surface area (Å²) in [5.74, 6) is -0.190. The van der Waals surface area contributed by atoms with Gasteiger partial charge in [-0.3, -0.25) is 9.59 Å². The average molecular weight is 326 g/mol. The molecule has 0 saturated carbocycles. The molecular weight excluding hydrogens is 312 g/mol. The number of carbonyl (C=O) groups excluding carboxylic acids is 2. The standard InChI is InChI=1S/C21H14N2O2/c1-23-11-16(15-10-22-17-9-5-4-6-12(15)17)18-19(23)21(25)14-8-3-2-7-13(14)20(18)24/h2-11,22H,1H3. The maximum atomic E-state index is 13.1. The first-order valence-electron chi connectivity index (χ1n) is 8.11. The van der Waals surface area contributed by atoms with Crippen LogP contribution in [0, 0.1) is 0 Å². The van der Waals surface area contributed by atoms with Gasteiger partial charge in [-0.25, -0.2) is 0 Å². The molecule has 2 heterocycles. The van der Waals surface area contributed by atoms with Crippen molar-refractivity contribution >= 4 is 22.5 Å². The van der Waals surface area contributed by atoms with Gasteiger partial charge in [0.15, 0.2) is 5.78 Å². The molecule has 1 aliphatic carbocycles. The summed E-state index contributed by atoms with van der Waals surface area (Å²) in [6.45, 7) is 0. The molecule has 0 aliphatic heterocycles. The number of aromatic amines is 1. The van der Waals surface area contributed by atoms with E-state index in [1.54, 1.807) is 28.8 Å². The van der Waals surface area contributed by atoms with E-state index < -0.39 is 0 Å². The summed E-state index contributed by atoms with van der Waals surface area (Å²) in [4.78, 5) is 29.3. The molecule has 120 valence electrons. The van der Waals surface area contributed by atoms with E-state index in [2.05, 4.69) is 4.98 Å². The zero-order valence-corrected chi connectivity index (χ0v) is 13.5. The van der Waals surface area contributed by atoms with Crippen LogP contribution in [-0.2, 0) is 7.05 Å². The minimum atomic E-state index is -0.0983. The third-order valence-electron chi connectivity index (χ3n) is 4.92. The number of nitrogens with one attached hydrogen (secondary N) is 1. The number of benzene rings is 2. The Bertz CT molecular complexity index is 1190. The number of hydrogen-bond acceptors (Lipinski definition) is 2. The topological polar surface area (TPSA) is 54.9 Å². The van der Waals surface area contributed by atoms with Crippen LogP contribution in [-0.4, -0.2) is 21.1 Å². The number of para-hydroxylation sites is 1. The minimum Gasteiger partial charge on any atom is -0.361 e. The second-order valence-electron chi connectivity index (χ2n) is 6.33. The molecule has 25 heavy (non-hydrogen) atoms. The van der Waals surface area contributed by atoms with Gasteiger partial charge in [-0.05, 0) is 6.07 Å². The second kappa shape index (κ2) is 4.80. The molecule has 5 rings (SSSR count). The number of aryl methyl sites for hydroxylation is 1. The summed E-state index contributed by atoms with van der Waals surface area (Å²) in [6, 6.07) is 15.0. The van der Waals surface area contributed by atoms with E-state index in [4.69, 9.17) is 0 Å². The summed E-state index contributed by atoms with van der Waals surface area (Å²) in [6.07, 6.45) is 3.78. The van der Waals surface area contributed by atoms with E-state index in [-0.39, 0.29) is 11.6 Å². The minimum absolute atomic E-state index is 0.0916. The quantitative estimate of drug-likeness (QED) is 0.507. The third-order valence-corrected chi connectivity index (χ3v) is 4.92. The Morgan fingerprint density at radius 1 is 0.800 bits per heavy atom. The van der Waals surface area contributed by atoms with E-state index >= 15 is 0 Å². The highest BCUT2D eigenvalue weighted by atomic mass is 16.1. The number of hydrogen-bond donors (Lipinski definition) is 1. The van der Waals surface area contributed by atoms with Crippen molar-refractivity contribution in [2.24, 2.45) is 7.05 Å². The number of nitrogens with zero attached hydrogens (tertiary/aromatic N) is 1. The molecule has 0 fully saturated rings. The summed E-state index contributed by atoms with van der Waals surface area (Å²) < 4.78 is 1.77. The van der Waals surface area contributed by atoms with E-state index in [0.29, 0.717) is 22.4 Å². The normalized spacial score (nSPS) is 13.2. The van der Waals surface area contributed by atoms with E-state index in [0.717, 1.165) is 22.0 Å². The van der Waals surface area contributed by atoms with Gasteiger partial charge in [-0.1, -0.05) is 42.5 Å². The predicted octanol–water partition coefficient (Wildman–Crippen LogP) is 3.95. The largest absolute Gasteiger partial charge is 0.361 e. The molecule has 2 aromatic carbocycles. The second-order valence-corrected chi connectivity index (χ2v) is 6.33. The van der Waals surface area contributed by atoms with Crippen molar-refractivity contribution in [2.45, 2.75) is 0 Å². The van der Waals surface area contributed by atoms with Crippen molar-refractivity contribution < 1.29 is 9.59 Å². The number of ketones is 2. The van der Waals surface area contributed by atoms with Crippen LogP contribution < -0.4 is 0 Å². The van der Waals surface area contributed by atoms with E-state index in [1.165, 1.54) is 0 Å². The zero-order valence-electron chi connectivity index (χ0n) is 13.5. The molecule has 0 unspecified atom stereocenters. The molecule has 0 saturated heterocycles. The van der Waals surface area contributed by atoms with Gasteiger partial charge in [-0.2, -0.15) is 0 Å². The Hall–Kier alpha value is -3.40. The Morgan fingerprint density at radius 2 is 1.48 bits per heavy atom. The first-order valence-corrected chi connectivity index (χ1v) is 8.11. The van der Waals surface area contributed by atoms with Crippen molar-refractivity contribution in [3.63, 3.8) is 0 Å². The highest BCUT2D eigenvalue weighted by molar-refractivity contribution is 6.30. The Balaban J connectivity index is 1.83. The number of aromatic nitrogens is 2. The van der Waals surface area contributed by atoms with Gasteiger partial charge in [0, 0.05) is 52.6 Å². The molecule has 0 radical (unpaired) electrons. The van der Waals surface area contributed by atoms with Gasteiger partial charge >= 0.3 is 0 Å². The van der Waals surface area contributed by atoms with Gasteiger partial charge < -0.3 is 9.55 Å². The summed E-state index contributed by atoms with van der Waals surface area (Å²) in [5.41, 5.74) is 4.65. The van der Waals surface area contributed by atoms with Crippen LogP contribution in [0.2, 0.25) is 0 Å². The Kier molecular flexibility index (Phi) is 2.69. The first-order chi connectivity index (χ1) is 12.2. The summed E-state index contributed by atoms with van der Waals surface area (Å²) in [7, 11) is 1.82. The molecule has 4 aromatic rings. The number of carbonyl (C=O) groups is 2. The molecule has 1 aliphatic rings. The van der Waals surface area contributed by atoms with Crippen molar-refractivity contribution in [1.82, 2.24) is 9.55 Å². The number of H-pyrrole nitrogens is 1. The summed E-state index contributed by atoms with van der Waals surface area (Å²) in [5, 5.41) is 1.04. The summed E-state index contributed by atoms with van der Waals surface area (Å²) >= 11 is 0. The third kappa shape index (κ3) is 1.76. The van der Waals surface area contributed by atoms with Crippen LogP contribution in [0.4, 0.5) is 0 Å². The zero-order chi connectivity index (χ0) is 17.1. The van der Waals surface area contributed by atoms with Gasteiger partial charge in [0.1, 0.15) is 5.69 Å². The molecule has 0 amide bonds. The SMILES string of the molecule is Cn1cc(-c2c[nH]c3ccccc23)c2c1C(=O)c1ccccc1C2=O. The van der Waals surface area contributed by atoms with E-state index in [9.17, 15) is 9.59 Å². The van der Waals surface area contributed by atoms with Crippen LogP contribution in [0.3, 0.4) is 0 Å². The smallest absolute Gasteiger partial charge is 0.210 e. The lowest BCUT2D eigenvalue weighted by Crippen LogP contribution is -2.22. The lowest BCUT2D eigenvalue weighted by molar-refractivity contribution is 0.0974. The van der Waals surface area contributed by atoms with E-state index in [1.807, 2.05) is 43.7 Å². The number of fused-ring (bicyclic) bond motifs is 3. The average Bonchev–Trinajstić information content (AvgIpc) is 3.21.